The zero-order chi connectivity index (χ0) is 16.9. The van der Waals surface area contributed by atoms with Crippen molar-refractivity contribution in [2.24, 2.45) is 5.92 Å². The summed E-state index contributed by atoms with van der Waals surface area (Å²) in [5.41, 5.74) is 0.486. The maximum Gasteiger partial charge on any atom is 0.225 e. The molecule has 2 aliphatic heterocycles. The molecule has 5 nitrogen and oxygen atoms in total. The minimum absolute atomic E-state index is 0.0298. The molecule has 7 heteroatoms. The molecule has 1 amide bonds. The first kappa shape index (κ1) is 18.0. The van der Waals surface area contributed by atoms with Gasteiger partial charge >= 0.3 is 0 Å². The first-order valence-electron chi connectivity index (χ1n) is 8.33. The van der Waals surface area contributed by atoms with E-state index in [4.69, 9.17) is 32.7 Å². The van der Waals surface area contributed by atoms with Crippen molar-refractivity contribution in [1.29, 1.82) is 0 Å². The molecule has 1 aromatic rings. The third-order valence-electron chi connectivity index (χ3n) is 4.55. The van der Waals surface area contributed by atoms with E-state index in [9.17, 15) is 4.79 Å². The molecule has 2 aliphatic rings. The number of nitrogens with one attached hydrogen (secondary N) is 1. The molecule has 0 spiro atoms. The molecule has 0 aliphatic carbocycles. The Balaban J connectivity index is 1.41. The number of amides is 1. The van der Waals surface area contributed by atoms with Crippen molar-refractivity contribution in [2.45, 2.75) is 25.6 Å². The molecule has 0 saturated carbocycles. The molecule has 1 N–H and O–H groups in total. The second kappa shape index (κ2) is 8.50. The highest BCUT2D eigenvalue weighted by Gasteiger charge is 2.30. The lowest BCUT2D eigenvalue weighted by Gasteiger charge is -2.33. The van der Waals surface area contributed by atoms with Gasteiger partial charge in [0.1, 0.15) is 0 Å². The summed E-state index contributed by atoms with van der Waals surface area (Å²) in [7, 11) is 0. The van der Waals surface area contributed by atoms with E-state index < -0.39 is 0 Å². The van der Waals surface area contributed by atoms with Crippen molar-refractivity contribution in [2.75, 3.05) is 38.2 Å². The van der Waals surface area contributed by atoms with Crippen LogP contribution in [0.4, 0.5) is 5.69 Å². The van der Waals surface area contributed by atoms with E-state index in [2.05, 4.69) is 10.2 Å². The zero-order valence-corrected chi connectivity index (χ0v) is 15.0. The van der Waals surface area contributed by atoms with Crippen LogP contribution in [0.1, 0.15) is 19.3 Å². The molecule has 132 valence electrons. The number of piperidine rings is 1. The molecule has 24 heavy (non-hydrogen) atoms. The Bertz CT molecular complexity index is 551. The first-order chi connectivity index (χ1) is 11.6. The summed E-state index contributed by atoms with van der Waals surface area (Å²) in [5.74, 6) is 0.397. The molecule has 2 heterocycles. The van der Waals surface area contributed by atoms with E-state index in [-0.39, 0.29) is 12.2 Å². The number of para-hydroxylation sites is 1. The average Bonchev–Trinajstić information content (AvgIpc) is 3.11. The standard InChI is InChI=1S/C17H22Cl2N2O3/c18-13-2-1-3-14(19)16(13)20-15(22)6-9-21-7-4-12(5-8-21)17-23-10-11-24-17/h1-3,12,17H,4-11H2,(H,20,22). The van der Waals surface area contributed by atoms with Gasteiger partial charge in [0.25, 0.3) is 0 Å². The van der Waals surface area contributed by atoms with Gasteiger partial charge in [-0.1, -0.05) is 29.3 Å². The Kier molecular flexibility index (Phi) is 6.36. The van der Waals surface area contributed by atoms with Crippen molar-refractivity contribution in [3.8, 4) is 0 Å². The predicted octanol–water partition coefficient (Wildman–Crippen LogP) is 3.41. The third-order valence-corrected chi connectivity index (χ3v) is 5.18. The number of rotatable bonds is 5. The smallest absolute Gasteiger partial charge is 0.225 e. The Labute approximate surface area is 152 Å². The lowest BCUT2D eigenvalue weighted by molar-refractivity contribution is -0.117. The van der Waals surface area contributed by atoms with Crippen molar-refractivity contribution in [3.63, 3.8) is 0 Å². The second-order valence-corrected chi connectivity index (χ2v) is 7.00. The van der Waals surface area contributed by atoms with Gasteiger partial charge in [0.15, 0.2) is 6.29 Å². The van der Waals surface area contributed by atoms with Crippen LogP contribution in [0.5, 0.6) is 0 Å². The Morgan fingerprint density at radius 1 is 1.17 bits per heavy atom. The fourth-order valence-electron chi connectivity index (χ4n) is 3.18. The van der Waals surface area contributed by atoms with Crippen molar-refractivity contribution in [1.82, 2.24) is 4.90 Å². The molecule has 1 aromatic carbocycles. The van der Waals surface area contributed by atoms with Gasteiger partial charge in [0.05, 0.1) is 28.9 Å². The number of hydrogen-bond acceptors (Lipinski definition) is 4. The summed E-state index contributed by atoms with van der Waals surface area (Å²) in [6.07, 6.45) is 2.48. The molecule has 0 unspecified atom stereocenters. The topological polar surface area (TPSA) is 50.8 Å². The lowest BCUT2D eigenvalue weighted by atomic mass is 9.96. The number of anilines is 1. The highest BCUT2D eigenvalue weighted by atomic mass is 35.5. The number of hydrogen-bond donors (Lipinski definition) is 1. The highest BCUT2D eigenvalue weighted by Crippen LogP contribution is 2.30. The summed E-state index contributed by atoms with van der Waals surface area (Å²) < 4.78 is 11.2. The van der Waals surface area contributed by atoms with Crippen LogP contribution in [0, 0.1) is 5.92 Å². The number of benzene rings is 1. The summed E-state index contributed by atoms with van der Waals surface area (Å²) in [4.78, 5) is 14.4. The molecular weight excluding hydrogens is 351 g/mol. The zero-order valence-electron chi connectivity index (χ0n) is 13.5. The normalized spacial score (nSPS) is 20.4. The largest absolute Gasteiger partial charge is 0.350 e. The third kappa shape index (κ3) is 4.61. The van der Waals surface area contributed by atoms with Crippen LogP contribution in [0.25, 0.3) is 0 Å². The summed E-state index contributed by atoms with van der Waals surface area (Å²) in [5, 5.41) is 3.71. The average molecular weight is 373 g/mol. The molecular formula is C17H22Cl2N2O3. The van der Waals surface area contributed by atoms with Crippen LogP contribution < -0.4 is 5.32 Å². The van der Waals surface area contributed by atoms with Crippen LogP contribution in [0.15, 0.2) is 18.2 Å². The van der Waals surface area contributed by atoms with E-state index in [1.807, 2.05) is 0 Å². The number of carbonyl (C=O) groups excluding carboxylic acids is 1. The summed E-state index contributed by atoms with van der Waals surface area (Å²) in [6.45, 7) is 4.07. The summed E-state index contributed by atoms with van der Waals surface area (Å²) >= 11 is 12.1. The fourth-order valence-corrected chi connectivity index (χ4v) is 3.67. The van der Waals surface area contributed by atoms with Crippen LogP contribution in [-0.2, 0) is 14.3 Å². The van der Waals surface area contributed by atoms with Gasteiger partial charge in [-0.25, -0.2) is 0 Å². The van der Waals surface area contributed by atoms with Crippen LogP contribution in [-0.4, -0.2) is 49.9 Å². The van der Waals surface area contributed by atoms with Crippen molar-refractivity contribution in [3.05, 3.63) is 28.2 Å². The minimum Gasteiger partial charge on any atom is -0.350 e. The van der Waals surface area contributed by atoms with E-state index in [1.165, 1.54) is 0 Å². The minimum atomic E-state index is -0.0745. The Morgan fingerprint density at radius 2 is 1.79 bits per heavy atom. The quantitative estimate of drug-likeness (QED) is 0.860. The van der Waals surface area contributed by atoms with E-state index >= 15 is 0 Å². The molecule has 0 aromatic heterocycles. The molecule has 2 saturated heterocycles. The van der Waals surface area contributed by atoms with Gasteiger partial charge < -0.3 is 19.7 Å². The lowest BCUT2D eigenvalue weighted by Crippen LogP contribution is -2.39. The Hall–Kier alpha value is -0.850. The SMILES string of the molecule is O=C(CCN1CCC(C2OCCO2)CC1)Nc1c(Cl)cccc1Cl. The van der Waals surface area contributed by atoms with Gasteiger partial charge in [0.2, 0.25) is 5.91 Å². The van der Waals surface area contributed by atoms with E-state index in [0.29, 0.717) is 41.3 Å². The second-order valence-electron chi connectivity index (χ2n) is 6.18. The van der Waals surface area contributed by atoms with Crippen LogP contribution in [0.3, 0.4) is 0 Å². The number of carbonyl (C=O) groups is 1. The van der Waals surface area contributed by atoms with Crippen molar-refractivity contribution < 1.29 is 14.3 Å². The van der Waals surface area contributed by atoms with Gasteiger partial charge in [-0.3, -0.25) is 4.79 Å². The van der Waals surface area contributed by atoms with Gasteiger partial charge in [-0.05, 0) is 38.1 Å². The number of likely N-dealkylation sites (tertiary alicyclic amines) is 1. The van der Waals surface area contributed by atoms with E-state index in [1.54, 1.807) is 18.2 Å². The molecule has 2 fully saturated rings. The summed E-state index contributed by atoms with van der Waals surface area (Å²) in [6, 6.07) is 5.17. The van der Waals surface area contributed by atoms with E-state index in [0.717, 1.165) is 32.5 Å². The maximum atomic E-state index is 12.1. The number of ether oxygens (including phenoxy) is 2. The number of halogens is 2. The van der Waals surface area contributed by atoms with Crippen LogP contribution >= 0.6 is 23.2 Å². The first-order valence-corrected chi connectivity index (χ1v) is 9.08. The van der Waals surface area contributed by atoms with Crippen LogP contribution in [0.2, 0.25) is 10.0 Å². The molecule has 0 bridgehead atoms. The molecule has 0 atom stereocenters. The highest BCUT2D eigenvalue weighted by molar-refractivity contribution is 6.39. The van der Waals surface area contributed by atoms with Gasteiger partial charge in [0, 0.05) is 18.9 Å². The van der Waals surface area contributed by atoms with Crippen molar-refractivity contribution >= 4 is 34.8 Å². The monoisotopic (exact) mass is 372 g/mol. The predicted molar refractivity (Wildman–Crippen MR) is 94.6 cm³/mol. The fraction of sp³-hybridized carbons (Fsp3) is 0.588. The van der Waals surface area contributed by atoms with Gasteiger partial charge in [-0.15, -0.1) is 0 Å². The Morgan fingerprint density at radius 3 is 2.42 bits per heavy atom. The maximum absolute atomic E-state index is 12.1. The molecule has 3 rings (SSSR count). The number of nitrogens with zero attached hydrogens (tertiary/aromatic N) is 1. The van der Waals surface area contributed by atoms with Gasteiger partial charge in [-0.2, -0.15) is 0 Å². The molecule has 0 radical (unpaired) electrons.